The second kappa shape index (κ2) is 10.7. The van der Waals surface area contributed by atoms with Gasteiger partial charge in [0, 0.05) is 6.61 Å². The molecule has 0 N–H and O–H groups in total. The Labute approximate surface area is 118 Å². The van der Waals surface area contributed by atoms with Crippen LogP contribution in [-0.2, 0) is 11.3 Å². The van der Waals surface area contributed by atoms with E-state index in [-0.39, 0.29) is 40.0 Å². The van der Waals surface area contributed by atoms with Crippen LogP contribution in [0.4, 0.5) is 0 Å². The largest absolute Gasteiger partial charge is 2.00 e. The van der Waals surface area contributed by atoms with Gasteiger partial charge in [0.05, 0.1) is 13.7 Å². The zero-order chi connectivity index (χ0) is 9.52. The van der Waals surface area contributed by atoms with Gasteiger partial charge in [0.25, 0.3) is 0 Å². The Hall–Kier alpha value is 0.226. The van der Waals surface area contributed by atoms with Crippen molar-refractivity contribution in [2.45, 2.75) is 13.0 Å². The Morgan fingerprint density at radius 2 is 1.80 bits per heavy atom. The number of hydrogen-bond acceptors (Lipinski definition) is 2. The predicted octanol–water partition coefficient (Wildman–Crippen LogP) is -0.941. The molecule has 0 saturated carbocycles. The second-order valence-corrected chi connectivity index (χ2v) is 2.75. The third-order valence-corrected chi connectivity index (χ3v) is 1.72. The molecule has 0 amide bonds. The zero-order valence-corrected chi connectivity index (χ0v) is 12.0. The first-order valence-corrected chi connectivity index (χ1v) is 4.36. The van der Waals surface area contributed by atoms with Crippen LogP contribution >= 0.6 is 0 Å². The summed E-state index contributed by atoms with van der Waals surface area (Å²) >= 11 is 0. The van der Waals surface area contributed by atoms with Crippen LogP contribution in [0.15, 0.2) is 24.3 Å². The Morgan fingerprint density at radius 1 is 1.20 bits per heavy atom. The first-order chi connectivity index (χ1) is 6.36. The molecular formula is C11H15BrMgO2. The number of methoxy groups -OCH3 is 1. The molecule has 0 aliphatic heterocycles. The number of ether oxygens (including phenoxy) is 2. The van der Waals surface area contributed by atoms with Gasteiger partial charge in [-0.3, -0.25) is 0 Å². The predicted molar refractivity (Wildman–Crippen MR) is 58.4 cm³/mol. The van der Waals surface area contributed by atoms with E-state index in [4.69, 9.17) is 9.47 Å². The van der Waals surface area contributed by atoms with Crippen LogP contribution in [0.5, 0.6) is 5.75 Å². The molecular weight excluding hydrogens is 268 g/mol. The van der Waals surface area contributed by atoms with Crippen molar-refractivity contribution in [1.29, 1.82) is 0 Å². The van der Waals surface area contributed by atoms with Crippen LogP contribution in [0.1, 0.15) is 12.0 Å². The normalized spacial score (nSPS) is 8.67. The fourth-order valence-corrected chi connectivity index (χ4v) is 1.01. The van der Waals surface area contributed by atoms with Crippen molar-refractivity contribution < 1.29 is 26.5 Å². The summed E-state index contributed by atoms with van der Waals surface area (Å²) in [5, 5.41) is 0. The molecule has 15 heavy (non-hydrogen) atoms. The van der Waals surface area contributed by atoms with Crippen LogP contribution in [0.2, 0.25) is 0 Å². The van der Waals surface area contributed by atoms with Gasteiger partial charge in [0.1, 0.15) is 5.75 Å². The molecule has 0 aromatic heterocycles. The number of benzene rings is 1. The summed E-state index contributed by atoms with van der Waals surface area (Å²) in [6.07, 6.45) is 0.816. The monoisotopic (exact) mass is 282 g/mol. The number of rotatable bonds is 5. The Bertz CT molecular complexity index is 239. The maximum absolute atomic E-state index is 5.34. The van der Waals surface area contributed by atoms with E-state index in [1.54, 1.807) is 7.11 Å². The molecule has 0 fully saturated rings. The van der Waals surface area contributed by atoms with Crippen molar-refractivity contribution in [1.82, 2.24) is 0 Å². The molecule has 0 heterocycles. The van der Waals surface area contributed by atoms with Crippen molar-refractivity contribution in [2.75, 3.05) is 13.7 Å². The van der Waals surface area contributed by atoms with E-state index in [1.165, 1.54) is 0 Å². The average Bonchev–Trinajstić information content (AvgIpc) is 2.19. The Morgan fingerprint density at radius 3 is 2.27 bits per heavy atom. The fourth-order valence-electron chi connectivity index (χ4n) is 1.01. The van der Waals surface area contributed by atoms with Crippen molar-refractivity contribution >= 4 is 23.1 Å². The van der Waals surface area contributed by atoms with Crippen LogP contribution in [0.3, 0.4) is 0 Å². The van der Waals surface area contributed by atoms with Gasteiger partial charge in [0.2, 0.25) is 0 Å². The summed E-state index contributed by atoms with van der Waals surface area (Å²) in [5.74, 6) is 0.876. The summed E-state index contributed by atoms with van der Waals surface area (Å²) in [4.78, 5) is 0. The summed E-state index contributed by atoms with van der Waals surface area (Å²) in [6, 6.07) is 7.87. The van der Waals surface area contributed by atoms with Crippen LogP contribution < -0.4 is 21.7 Å². The molecule has 0 aliphatic rings. The summed E-state index contributed by atoms with van der Waals surface area (Å²) < 4.78 is 10.4. The molecule has 80 valence electrons. The second-order valence-electron chi connectivity index (χ2n) is 2.75. The first-order valence-electron chi connectivity index (χ1n) is 4.36. The smallest absolute Gasteiger partial charge is 1.00 e. The van der Waals surface area contributed by atoms with E-state index in [0.29, 0.717) is 13.2 Å². The molecule has 4 heteroatoms. The molecule has 0 bridgehead atoms. The van der Waals surface area contributed by atoms with E-state index >= 15 is 0 Å². The SMILES string of the molecule is [Br-].[CH2-]CCOCc1ccc(OC)cc1.[Mg+2]. The van der Waals surface area contributed by atoms with E-state index < -0.39 is 0 Å². The minimum atomic E-state index is 0. The minimum Gasteiger partial charge on any atom is -1.00 e. The Kier molecular flexibility index (Phi) is 12.6. The van der Waals surface area contributed by atoms with E-state index in [2.05, 4.69) is 6.92 Å². The topological polar surface area (TPSA) is 18.5 Å². The van der Waals surface area contributed by atoms with Crippen LogP contribution in [0.25, 0.3) is 0 Å². The maximum atomic E-state index is 5.34. The maximum Gasteiger partial charge on any atom is 2.00 e. The summed E-state index contributed by atoms with van der Waals surface area (Å²) in [7, 11) is 1.66. The molecule has 0 spiro atoms. The minimum absolute atomic E-state index is 0. The quantitative estimate of drug-likeness (QED) is 0.394. The summed E-state index contributed by atoms with van der Waals surface area (Å²) in [5.41, 5.74) is 1.16. The summed E-state index contributed by atoms with van der Waals surface area (Å²) in [6.45, 7) is 5.07. The third-order valence-electron chi connectivity index (χ3n) is 1.72. The van der Waals surface area contributed by atoms with Crippen molar-refractivity contribution in [3.05, 3.63) is 36.8 Å². The molecule has 0 saturated heterocycles. The number of hydrogen-bond donors (Lipinski definition) is 0. The molecule has 1 aromatic carbocycles. The molecule has 0 aliphatic carbocycles. The van der Waals surface area contributed by atoms with Gasteiger partial charge in [0.15, 0.2) is 0 Å². The van der Waals surface area contributed by atoms with Gasteiger partial charge in [-0.15, -0.1) is 0 Å². The van der Waals surface area contributed by atoms with Gasteiger partial charge in [-0.25, -0.2) is 0 Å². The van der Waals surface area contributed by atoms with Gasteiger partial charge in [-0.05, 0) is 17.7 Å². The third kappa shape index (κ3) is 7.17. The molecule has 1 aromatic rings. The Balaban J connectivity index is 0. The first kappa shape index (κ1) is 17.6. The van der Waals surface area contributed by atoms with Crippen molar-refractivity contribution in [2.24, 2.45) is 0 Å². The molecule has 2 nitrogen and oxygen atoms in total. The average molecular weight is 283 g/mol. The van der Waals surface area contributed by atoms with E-state index in [9.17, 15) is 0 Å². The molecule has 0 atom stereocenters. The van der Waals surface area contributed by atoms with Crippen LogP contribution in [0, 0.1) is 6.92 Å². The van der Waals surface area contributed by atoms with Crippen molar-refractivity contribution in [3.8, 4) is 5.75 Å². The zero-order valence-electron chi connectivity index (χ0n) is 9.04. The molecule has 0 unspecified atom stereocenters. The molecule has 0 radical (unpaired) electrons. The van der Waals surface area contributed by atoms with Crippen LogP contribution in [-0.4, -0.2) is 36.8 Å². The number of halogens is 1. The standard InChI is InChI=1S/C11H15O2.BrH.Mg/c1-3-8-13-9-10-4-6-11(12-2)7-5-10;;/h4-7H,1,3,8-9H2,2H3;1H;/q-1;;+2/p-1. The molecule has 1 rings (SSSR count). The van der Waals surface area contributed by atoms with Gasteiger partial charge in [-0.2, -0.15) is 6.42 Å². The van der Waals surface area contributed by atoms with E-state index in [1.807, 2.05) is 24.3 Å². The van der Waals surface area contributed by atoms with Gasteiger partial charge in [-0.1, -0.05) is 12.1 Å². The van der Waals surface area contributed by atoms with E-state index in [0.717, 1.165) is 17.7 Å². The fraction of sp³-hybridized carbons (Fsp3) is 0.364. The van der Waals surface area contributed by atoms with Crippen molar-refractivity contribution in [3.63, 3.8) is 0 Å². The van der Waals surface area contributed by atoms with Gasteiger partial charge >= 0.3 is 23.1 Å². The van der Waals surface area contributed by atoms with Gasteiger partial charge < -0.3 is 33.4 Å².